The maximum atomic E-state index is 12.9. The van der Waals surface area contributed by atoms with Crippen molar-refractivity contribution in [3.63, 3.8) is 0 Å². The molecule has 0 saturated carbocycles. The predicted molar refractivity (Wildman–Crippen MR) is 118 cm³/mol. The highest BCUT2D eigenvalue weighted by Crippen LogP contribution is 2.27. The molecule has 1 aromatic carbocycles. The fourth-order valence-corrected chi connectivity index (χ4v) is 4.27. The molecule has 0 aliphatic carbocycles. The van der Waals surface area contributed by atoms with Crippen LogP contribution < -0.4 is 4.90 Å². The topological polar surface area (TPSA) is 71.6 Å². The average Bonchev–Trinajstić information content (AvgIpc) is 3.43. The molecule has 31 heavy (non-hydrogen) atoms. The minimum atomic E-state index is 0.0773. The maximum Gasteiger partial charge on any atom is 0.270 e. The van der Waals surface area contributed by atoms with Crippen LogP contribution in [0.1, 0.15) is 27.3 Å². The van der Waals surface area contributed by atoms with Gasteiger partial charge >= 0.3 is 0 Å². The molecule has 1 aliphatic rings. The van der Waals surface area contributed by atoms with Gasteiger partial charge in [0.2, 0.25) is 0 Å². The lowest BCUT2D eigenvalue weighted by Gasteiger charge is -2.37. The lowest BCUT2D eigenvalue weighted by molar-refractivity contribution is 0.0737. The Kier molecular flexibility index (Phi) is 4.89. The van der Waals surface area contributed by atoms with Gasteiger partial charge < -0.3 is 14.4 Å². The summed E-state index contributed by atoms with van der Waals surface area (Å²) in [7, 11) is 1.90. The van der Waals surface area contributed by atoms with E-state index in [0.29, 0.717) is 18.9 Å². The molecule has 8 heteroatoms. The van der Waals surface area contributed by atoms with Crippen molar-refractivity contribution in [3.8, 4) is 0 Å². The Morgan fingerprint density at radius 2 is 1.81 bits per heavy atom. The van der Waals surface area contributed by atoms with Crippen LogP contribution >= 0.6 is 0 Å². The molecule has 8 nitrogen and oxygen atoms in total. The summed E-state index contributed by atoms with van der Waals surface area (Å²) in [6.07, 6.45) is 4.22. The zero-order valence-corrected chi connectivity index (χ0v) is 17.8. The molecule has 0 unspecified atom stereocenters. The summed E-state index contributed by atoms with van der Waals surface area (Å²) < 4.78 is 3.71. The lowest BCUT2D eigenvalue weighted by atomic mass is 10.0. The van der Waals surface area contributed by atoms with E-state index in [1.807, 2.05) is 52.3 Å². The van der Waals surface area contributed by atoms with Gasteiger partial charge in [-0.05, 0) is 24.6 Å². The van der Waals surface area contributed by atoms with Crippen molar-refractivity contribution in [1.29, 1.82) is 0 Å². The standard InChI is InChI=1S/C23H25N7O/c1-17-19(15-18-7-4-3-5-8-18)21(30-23(26-17)24-16-25-30)28-11-13-29(14-12-28)22(31)20-9-6-10-27(20)2/h3-10,16H,11-15H2,1-2H3. The van der Waals surface area contributed by atoms with E-state index in [-0.39, 0.29) is 5.91 Å². The van der Waals surface area contributed by atoms with Gasteiger partial charge in [0.1, 0.15) is 17.8 Å². The molecular weight excluding hydrogens is 390 g/mol. The van der Waals surface area contributed by atoms with Crippen LogP contribution in [-0.2, 0) is 13.5 Å². The van der Waals surface area contributed by atoms with Crippen molar-refractivity contribution in [2.24, 2.45) is 7.05 Å². The Morgan fingerprint density at radius 1 is 1.03 bits per heavy atom. The molecule has 0 spiro atoms. The number of hydrogen-bond donors (Lipinski definition) is 0. The summed E-state index contributed by atoms with van der Waals surface area (Å²) in [5.41, 5.74) is 4.05. The van der Waals surface area contributed by atoms with Crippen LogP contribution in [0.5, 0.6) is 0 Å². The second kappa shape index (κ2) is 7.86. The van der Waals surface area contributed by atoms with Crippen LogP contribution in [0, 0.1) is 6.92 Å². The first-order chi connectivity index (χ1) is 15.1. The summed E-state index contributed by atoms with van der Waals surface area (Å²) >= 11 is 0. The van der Waals surface area contributed by atoms with Gasteiger partial charge in [0.25, 0.3) is 11.7 Å². The molecule has 0 radical (unpaired) electrons. The number of nitrogens with zero attached hydrogens (tertiary/aromatic N) is 7. The Bertz CT molecular complexity index is 1220. The van der Waals surface area contributed by atoms with Crippen LogP contribution in [0.15, 0.2) is 55.0 Å². The summed E-state index contributed by atoms with van der Waals surface area (Å²) in [5.74, 6) is 1.70. The van der Waals surface area contributed by atoms with Crippen molar-refractivity contribution in [2.45, 2.75) is 13.3 Å². The first-order valence-electron chi connectivity index (χ1n) is 10.5. The van der Waals surface area contributed by atoms with Crippen molar-refractivity contribution in [3.05, 3.63) is 77.5 Å². The van der Waals surface area contributed by atoms with Crippen molar-refractivity contribution in [1.82, 2.24) is 29.0 Å². The monoisotopic (exact) mass is 415 g/mol. The molecule has 0 atom stereocenters. The number of rotatable bonds is 4. The second-order valence-corrected chi connectivity index (χ2v) is 7.92. The number of amides is 1. The Hall–Kier alpha value is -3.68. The Morgan fingerprint density at radius 3 is 2.52 bits per heavy atom. The van der Waals surface area contributed by atoms with Crippen molar-refractivity contribution < 1.29 is 4.79 Å². The van der Waals surface area contributed by atoms with Gasteiger partial charge in [-0.15, -0.1) is 0 Å². The fourth-order valence-electron chi connectivity index (χ4n) is 4.27. The number of aryl methyl sites for hydroxylation is 2. The molecule has 1 aliphatic heterocycles. The fraction of sp³-hybridized carbons (Fsp3) is 0.304. The van der Waals surface area contributed by atoms with Gasteiger partial charge in [0.15, 0.2) is 0 Å². The van der Waals surface area contributed by atoms with Gasteiger partial charge in [0, 0.05) is 57.1 Å². The first-order valence-corrected chi connectivity index (χ1v) is 10.5. The summed E-state index contributed by atoms with van der Waals surface area (Å²) in [4.78, 5) is 26.1. The zero-order valence-electron chi connectivity index (χ0n) is 17.8. The largest absolute Gasteiger partial charge is 0.353 e. The summed E-state index contributed by atoms with van der Waals surface area (Å²) in [6.45, 7) is 4.82. The van der Waals surface area contributed by atoms with E-state index in [2.05, 4.69) is 44.2 Å². The van der Waals surface area contributed by atoms with Crippen LogP contribution in [0.2, 0.25) is 0 Å². The number of aromatic nitrogens is 5. The third kappa shape index (κ3) is 3.54. The smallest absolute Gasteiger partial charge is 0.270 e. The second-order valence-electron chi connectivity index (χ2n) is 7.92. The average molecular weight is 416 g/mol. The molecule has 4 heterocycles. The summed E-state index contributed by atoms with van der Waals surface area (Å²) in [5, 5.41) is 4.46. The molecular formula is C23H25N7O. The van der Waals surface area contributed by atoms with Crippen molar-refractivity contribution in [2.75, 3.05) is 31.1 Å². The SMILES string of the molecule is Cc1nc2ncnn2c(N2CCN(C(=O)c3cccn3C)CC2)c1Cc1ccccc1. The third-order valence-corrected chi connectivity index (χ3v) is 5.96. The highest BCUT2D eigenvalue weighted by molar-refractivity contribution is 5.93. The van der Waals surface area contributed by atoms with E-state index in [1.165, 1.54) is 5.56 Å². The quantitative estimate of drug-likeness (QED) is 0.512. The highest BCUT2D eigenvalue weighted by atomic mass is 16.2. The molecule has 0 N–H and O–H groups in total. The van der Waals surface area contributed by atoms with Crippen LogP contribution in [0.25, 0.3) is 5.78 Å². The molecule has 1 amide bonds. The van der Waals surface area contributed by atoms with Gasteiger partial charge in [-0.25, -0.2) is 4.98 Å². The van der Waals surface area contributed by atoms with E-state index in [9.17, 15) is 4.79 Å². The molecule has 158 valence electrons. The number of anilines is 1. The molecule has 0 bridgehead atoms. The van der Waals surface area contributed by atoms with Gasteiger partial charge in [-0.1, -0.05) is 30.3 Å². The normalized spacial score (nSPS) is 14.4. The number of hydrogen-bond acceptors (Lipinski definition) is 5. The third-order valence-electron chi connectivity index (χ3n) is 5.96. The van der Waals surface area contributed by atoms with Crippen LogP contribution in [-0.4, -0.2) is 61.1 Å². The highest BCUT2D eigenvalue weighted by Gasteiger charge is 2.27. The van der Waals surface area contributed by atoms with Gasteiger partial charge in [-0.3, -0.25) is 4.79 Å². The van der Waals surface area contributed by atoms with Crippen LogP contribution in [0.4, 0.5) is 5.82 Å². The summed E-state index contributed by atoms with van der Waals surface area (Å²) in [6, 6.07) is 14.2. The first kappa shape index (κ1) is 19.3. The predicted octanol–water partition coefficient (Wildman–Crippen LogP) is 2.32. The minimum Gasteiger partial charge on any atom is -0.353 e. The van der Waals surface area contributed by atoms with Gasteiger partial charge in [-0.2, -0.15) is 14.6 Å². The molecule has 5 rings (SSSR count). The Balaban J connectivity index is 1.45. The lowest BCUT2D eigenvalue weighted by Crippen LogP contribution is -2.50. The number of fused-ring (bicyclic) bond motifs is 1. The maximum absolute atomic E-state index is 12.9. The Labute approximate surface area is 180 Å². The van der Waals surface area contributed by atoms with Crippen LogP contribution in [0.3, 0.4) is 0 Å². The minimum absolute atomic E-state index is 0.0773. The van der Waals surface area contributed by atoms with Crippen molar-refractivity contribution >= 4 is 17.5 Å². The zero-order chi connectivity index (χ0) is 21.4. The molecule has 4 aromatic rings. The molecule has 1 fully saturated rings. The number of carbonyl (C=O) groups is 1. The van der Waals surface area contributed by atoms with E-state index in [0.717, 1.165) is 42.3 Å². The van der Waals surface area contributed by atoms with Gasteiger partial charge in [0.05, 0.1) is 0 Å². The van der Waals surface area contributed by atoms with E-state index < -0.39 is 0 Å². The number of benzene rings is 1. The van der Waals surface area contributed by atoms with E-state index in [4.69, 9.17) is 0 Å². The van der Waals surface area contributed by atoms with E-state index >= 15 is 0 Å². The number of piperazine rings is 1. The number of carbonyl (C=O) groups excluding carboxylic acids is 1. The molecule has 3 aromatic heterocycles. The molecule has 1 saturated heterocycles. The van der Waals surface area contributed by atoms with E-state index in [1.54, 1.807) is 6.33 Å².